The summed E-state index contributed by atoms with van der Waals surface area (Å²) in [5.41, 5.74) is 22.0. The maximum atomic E-state index is 5.23. The van der Waals surface area contributed by atoms with Gasteiger partial charge in [0.2, 0.25) is 0 Å². The zero-order valence-corrected chi connectivity index (χ0v) is 43.9. The molecule has 0 spiro atoms. The molecule has 0 aliphatic rings. The van der Waals surface area contributed by atoms with Gasteiger partial charge in [0.1, 0.15) is 16.9 Å². The molecule has 0 unspecified atom stereocenters. The minimum absolute atomic E-state index is 0.909. The van der Waals surface area contributed by atoms with Crippen LogP contribution in [0.15, 0.2) is 292 Å². The molecule has 0 fully saturated rings. The van der Waals surface area contributed by atoms with Gasteiger partial charge in [-0.25, -0.2) is 15.0 Å². The number of hydrogen-bond acceptors (Lipinski definition) is 3. The number of aromatic nitrogens is 6. The Labute approximate surface area is 467 Å². The Bertz CT molecular complexity index is 4580. The highest BCUT2D eigenvalue weighted by Gasteiger charge is 2.21. The van der Waals surface area contributed by atoms with Crippen LogP contribution in [0.5, 0.6) is 0 Å². The molecule has 0 amide bonds. The fourth-order valence-corrected chi connectivity index (χ4v) is 12.0. The molecule has 0 aliphatic carbocycles. The number of hydrogen-bond donors (Lipinski definition) is 0. The summed E-state index contributed by atoms with van der Waals surface area (Å²) in [4.78, 5) is 15.7. The quantitative estimate of drug-likeness (QED) is 0.145. The van der Waals surface area contributed by atoms with Gasteiger partial charge in [-0.3, -0.25) is 13.2 Å². The molecule has 0 bridgehead atoms. The second-order valence-electron chi connectivity index (χ2n) is 20.9. The van der Waals surface area contributed by atoms with E-state index in [-0.39, 0.29) is 0 Å². The molecule has 0 saturated carbocycles. The normalized spacial score (nSPS) is 11.7. The Hall–Kier alpha value is -11.0. The Kier molecular flexibility index (Phi) is 10.8. The van der Waals surface area contributed by atoms with Gasteiger partial charge in [-0.2, -0.15) is 0 Å². The Morgan fingerprint density at radius 3 is 0.728 bits per heavy atom. The van der Waals surface area contributed by atoms with Crippen LogP contribution in [0.2, 0.25) is 0 Å². The lowest BCUT2D eigenvalue weighted by molar-refractivity contribution is 1.19. The minimum atomic E-state index is 0.909. The lowest BCUT2D eigenvalue weighted by Crippen LogP contribution is -1.92. The summed E-state index contributed by atoms with van der Waals surface area (Å²) in [6.45, 7) is 0. The van der Waals surface area contributed by atoms with Crippen LogP contribution in [0.3, 0.4) is 0 Å². The zero-order chi connectivity index (χ0) is 53.4. The zero-order valence-electron chi connectivity index (χ0n) is 43.9. The predicted molar refractivity (Wildman–Crippen MR) is 334 cm³/mol. The standard InChI is InChI=1S/C75H48N6/c1-4-16-58-43-61(37-28-49(58)13-1)70-73(79-40-10-7-19-67(79)76-70)55-31-22-52(23-32-55)64-46-65(53-24-33-56(34-25-53)74-71(77-68-20-8-11-41-80(68)74)62-38-29-50-14-2-5-17-59(50)44-62)48-66(47-64)54-26-35-57(36-27-54)75-72(78-69-21-9-12-42-81(69)75)63-39-30-51-15-3-6-18-60(51)45-63/h1-48H. The average molecular weight is 1030 g/mol. The number of fused-ring (bicyclic) bond motifs is 6. The van der Waals surface area contributed by atoms with E-state index in [2.05, 4.69) is 305 Å². The lowest BCUT2D eigenvalue weighted by Gasteiger charge is -2.14. The van der Waals surface area contributed by atoms with Crippen LogP contribution in [0.4, 0.5) is 0 Å². The molecular weight excluding hydrogens is 985 g/mol. The number of imidazole rings is 3. The van der Waals surface area contributed by atoms with Crippen molar-refractivity contribution in [3.63, 3.8) is 0 Å². The summed E-state index contributed by atoms with van der Waals surface area (Å²) in [6.07, 6.45) is 6.34. The third-order valence-electron chi connectivity index (χ3n) is 16.1. The summed E-state index contributed by atoms with van der Waals surface area (Å²) in [5.74, 6) is 0. The molecule has 0 aliphatic heterocycles. The Morgan fingerprint density at radius 1 is 0.185 bits per heavy atom. The first-order valence-electron chi connectivity index (χ1n) is 27.5. The average Bonchev–Trinajstić information content (AvgIpc) is 4.40. The predicted octanol–water partition coefficient (Wildman–Crippen LogP) is 19.1. The summed E-state index contributed by atoms with van der Waals surface area (Å²) >= 11 is 0. The molecule has 16 rings (SSSR count). The van der Waals surface area contributed by atoms with Crippen molar-refractivity contribution in [2.24, 2.45) is 0 Å². The highest BCUT2D eigenvalue weighted by Crippen LogP contribution is 2.41. The lowest BCUT2D eigenvalue weighted by atomic mass is 9.91. The smallest absolute Gasteiger partial charge is 0.137 e. The van der Waals surface area contributed by atoms with Crippen LogP contribution in [-0.4, -0.2) is 28.2 Å². The van der Waals surface area contributed by atoms with E-state index in [4.69, 9.17) is 15.0 Å². The van der Waals surface area contributed by atoms with Crippen molar-refractivity contribution in [1.29, 1.82) is 0 Å². The molecule has 378 valence electrons. The summed E-state index contributed by atoms with van der Waals surface area (Å²) in [5, 5.41) is 7.20. The minimum Gasteiger partial charge on any atom is -0.299 e. The molecule has 10 aromatic carbocycles. The van der Waals surface area contributed by atoms with Gasteiger partial charge in [-0.05, 0) is 138 Å². The molecule has 0 saturated heterocycles. The van der Waals surface area contributed by atoms with Gasteiger partial charge in [0.25, 0.3) is 0 Å². The molecule has 81 heavy (non-hydrogen) atoms. The van der Waals surface area contributed by atoms with Crippen LogP contribution >= 0.6 is 0 Å². The van der Waals surface area contributed by atoms with Crippen molar-refractivity contribution in [1.82, 2.24) is 28.2 Å². The van der Waals surface area contributed by atoms with E-state index in [9.17, 15) is 0 Å². The first-order chi connectivity index (χ1) is 40.1. The molecule has 16 aromatic rings. The van der Waals surface area contributed by atoms with E-state index >= 15 is 0 Å². The van der Waals surface area contributed by atoms with Gasteiger partial charge >= 0.3 is 0 Å². The molecule has 6 nitrogen and oxygen atoms in total. The summed E-state index contributed by atoms with van der Waals surface area (Å²) in [7, 11) is 0. The van der Waals surface area contributed by atoms with E-state index in [1.54, 1.807) is 0 Å². The van der Waals surface area contributed by atoms with Crippen molar-refractivity contribution in [2.75, 3.05) is 0 Å². The maximum Gasteiger partial charge on any atom is 0.137 e. The van der Waals surface area contributed by atoms with E-state index in [1.165, 1.54) is 32.3 Å². The van der Waals surface area contributed by atoms with Gasteiger partial charge in [0, 0.05) is 52.0 Å². The number of rotatable bonds is 9. The van der Waals surface area contributed by atoms with Gasteiger partial charge in [-0.15, -0.1) is 0 Å². The van der Waals surface area contributed by atoms with Crippen molar-refractivity contribution in [2.45, 2.75) is 0 Å². The van der Waals surface area contributed by atoms with Gasteiger partial charge in [0.05, 0.1) is 34.2 Å². The van der Waals surface area contributed by atoms with E-state index < -0.39 is 0 Å². The first kappa shape index (κ1) is 46.2. The largest absolute Gasteiger partial charge is 0.299 e. The Balaban J connectivity index is 0.812. The second kappa shape index (κ2) is 18.9. The van der Waals surface area contributed by atoms with Gasteiger partial charge in [-0.1, -0.05) is 200 Å². The van der Waals surface area contributed by atoms with Gasteiger partial charge in [0.15, 0.2) is 0 Å². The molecule has 6 heteroatoms. The van der Waals surface area contributed by atoms with Crippen LogP contribution in [0.1, 0.15) is 0 Å². The number of pyridine rings is 3. The SMILES string of the molecule is c1ccc2cc(-c3nc4ccccn4c3-c3ccc(-c4cc(-c5ccc(-c6c(-c7ccc8ccccc8c7)nc7ccccn67)cc5)cc(-c5ccc(-c6c(-c7ccc8ccccc8c7)nc7ccccn67)cc5)c4)cc3)ccc2c1. The highest BCUT2D eigenvalue weighted by atomic mass is 15.0. The van der Waals surface area contributed by atoms with Crippen LogP contribution in [-0.2, 0) is 0 Å². The van der Waals surface area contributed by atoms with Gasteiger partial charge < -0.3 is 0 Å². The van der Waals surface area contributed by atoms with Crippen molar-refractivity contribution in [3.05, 3.63) is 292 Å². The topological polar surface area (TPSA) is 51.9 Å². The monoisotopic (exact) mass is 1030 g/mol. The van der Waals surface area contributed by atoms with Crippen molar-refractivity contribution in [3.8, 4) is 101 Å². The van der Waals surface area contributed by atoms with Crippen molar-refractivity contribution < 1.29 is 0 Å². The molecule has 0 N–H and O–H groups in total. The molecule has 0 atom stereocenters. The number of nitrogens with zero attached hydrogens (tertiary/aromatic N) is 6. The Morgan fingerprint density at radius 2 is 0.432 bits per heavy atom. The maximum absolute atomic E-state index is 5.23. The second-order valence-corrected chi connectivity index (χ2v) is 20.9. The summed E-state index contributed by atoms with van der Waals surface area (Å²) < 4.78 is 6.63. The van der Waals surface area contributed by atoms with Crippen LogP contribution in [0.25, 0.3) is 150 Å². The molecule has 6 aromatic heterocycles. The van der Waals surface area contributed by atoms with Crippen LogP contribution < -0.4 is 0 Å². The van der Waals surface area contributed by atoms with Crippen LogP contribution in [0, 0.1) is 0 Å². The third-order valence-corrected chi connectivity index (χ3v) is 16.1. The van der Waals surface area contributed by atoms with E-state index in [1.807, 2.05) is 0 Å². The fraction of sp³-hybridized carbons (Fsp3) is 0. The molecular formula is C75H48N6. The highest BCUT2D eigenvalue weighted by molar-refractivity contribution is 5.95. The molecule has 0 radical (unpaired) electrons. The molecule has 6 heterocycles. The third kappa shape index (κ3) is 8.08. The number of benzene rings is 10. The first-order valence-corrected chi connectivity index (χ1v) is 27.5. The summed E-state index contributed by atoms with van der Waals surface area (Å²) in [6, 6.07) is 98.1. The fourth-order valence-electron chi connectivity index (χ4n) is 12.0. The van der Waals surface area contributed by atoms with E-state index in [0.717, 1.165) is 118 Å². The van der Waals surface area contributed by atoms with E-state index in [0.29, 0.717) is 0 Å². The van der Waals surface area contributed by atoms with Crippen molar-refractivity contribution >= 4 is 49.3 Å².